The molecule has 3 rings (SSSR count). The summed E-state index contributed by atoms with van der Waals surface area (Å²) in [5, 5.41) is 10.3. The molecule has 0 aromatic heterocycles. The Kier molecular flexibility index (Phi) is 2.89. The highest BCUT2D eigenvalue weighted by atomic mass is 16.5. The maximum atomic E-state index is 10.3. The van der Waals surface area contributed by atoms with Crippen molar-refractivity contribution >= 4 is 0 Å². The lowest BCUT2D eigenvalue weighted by molar-refractivity contribution is 0.300. The summed E-state index contributed by atoms with van der Waals surface area (Å²) in [4.78, 5) is 0. The van der Waals surface area contributed by atoms with E-state index in [4.69, 9.17) is 4.74 Å². The molecule has 0 spiro atoms. The minimum absolute atomic E-state index is 0.229. The van der Waals surface area contributed by atoms with E-state index < -0.39 is 0 Å². The molecule has 0 amide bonds. The van der Waals surface area contributed by atoms with Crippen molar-refractivity contribution in [3.63, 3.8) is 0 Å². The minimum atomic E-state index is 0.229. The number of phenols is 1. The van der Waals surface area contributed by atoms with Crippen LogP contribution in [0.3, 0.4) is 0 Å². The second kappa shape index (κ2) is 4.44. The summed E-state index contributed by atoms with van der Waals surface area (Å²) >= 11 is 0. The third-order valence-corrected chi connectivity index (χ3v) is 4.15. The van der Waals surface area contributed by atoms with E-state index in [1.165, 1.54) is 5.57 Å². The second-order valence-corrected chi connectivity index (χ2v) is 5.69. The number of fused-ring (bicyclic) bond motifs is 3. The number of allylic oxidation sites excluding steroid dienone is 3. The number of rotatable bonds is 2. The van der Waals surface area contributed by atoms with Gasteiger partial charge in [-0.25, -0.2) is 0 Å². The Morgan fingerprint density at radius 1 is 1.42 bits per heavy atom. The summed E-state index contributed by atoms with van der Waals surface area (Å²) < 4.78 is 5.87. The lowest BCUT2D eigenvalue weighted by Crippen LogP contribution is -2.20. The van der Waals surface area contributed by atoms with Crippen molar-refractivity contribution in [3.05, 3.63) is 47.2 Å². The number of benzene rings is 1. The largest absolute Gasteiger partial charge is 0.507 e. The Bertz CT molecular complexity index is 569. The first-order chi connectivity index (χ1) is 9.10. The number of hydrogen-bond donors (Lipinski definition) is 1. The van der Waals surface area contributed by atoms with Crippen molar-refractivity contribution in [2.75, 3.05) is 0 Å². The normalized spacial score (nSPS) is 24.5. The number of aromatic hydroxyl groups is 1. The van der Waals surface area contributed by atoms with Gasteiger partial charge in [-0.1, -0.05) is 31.6 Å². The lowest BCUT2D eigenvalue weighted by atomic mass is 9.83. The van der Waals surface area contributed by atoms with Crippen LogP contribution in [0.15, 0.2) is 36.1 Å². The standard InChI is InChI=1S/C17H20O2/c1-4-5-12-8-15(18)17-14-7-10(2)6-13(14)11(3)19-16(17)9-12/h7-9,13-14,18H,3-6H2,1-2H3. The maximum Gasteiger partial charge on any atom is 0.134 e. The summed E-state index contributed by atoms with van der Waals surface area (Å²) in [6.07, 6.45) is 5.25. The summed E-state index contributed by atoms with van der Waals surface area (Å²) in [6.45, 7) is 8.33. The van der Waals surface area contributed by atoms with Gasteiger partial charge in [-0.2, -0.15) is 0 Å². The van der Waals surface area contributed by atoms with E-state index in [2.05, 4.69) is 32.6 Å². The van der Waals surface area contributed by atoms with Crippen LogP contribution in [0.4, 0.5) is 0 Å². The Morgan fingerprint density at radius 2 is 2.21 bits per heavy atom. The molecule has 0 saturated heterocycles. The molecule has 0 saturated carbocycles. The molecule has 1 N–H and O–H groups in total. The summed E-state index contributed by atoms with van der Waals surface area (Å²) in [5.41, 5.74) is 3.42. The molecule has 100 valence electrons. The topological polar surface area (TPSA) is 29.5 Å². The van der Waals surface area contributed by atoms with Crippen LogP contribution >= 0.6 is 0 Å². The van der Waals surface area contributed by atoms with Crippen LogP contribution in [0.25, 0.3) is 0 Å². The molecule has 1 aromatic rings. The molecule has 1 aromatic carbocycles. The lowest BCUT2D eigenvalue weighted by Gasteiger charge is -2.31. The minimum Gasteiger partial charge on any atom is -0.507 e. The Hall–Kier alpha value is -1.70. The first-order valence-corrected chi connectivity index (χ1v) is 7.00. The Balaban J connectivity index is 2.10. The van der Waals surface area contributed by atoms with Crippen molar-refractivity contribution in [2.24, 2.45) is 5.92 Å². The van der Waals surface area contributed by atoms with Gasteiger partial charge in [-0.3, -0.25) is 0 Å². The second-order valence-electron chi connectivity index (χ2n) is 5.69. The average molecular weight is 256 g/mol. The van der Waals surface area contributed by atoms with Crippen molar-refractivity contribution in [2.45, 2.75) is 39.0 Å². The molecular formula is C17H20O2. The molecule has 1 aliphatic carbocycles. The van der Waals surface area contributed by atoms with Crippen LogP contribution in [0.2, 0.25) is 0 Å². The number of hydrogen-bond acceptors (Lipinski definition) is 2. The van der Waals surface area contributed by atoms with E-state index in [9.17, 15) is 5.11 Å². The monoisotopic (exact) mass is 256 g/mol. The van der Waals surface area contributed by atoms with Crippen LogP contribution in [0, 0.1) is 5.92 Å². The molecule has 1 heterocycles. The number of aryl methyl sites for hydroxylation is 1. The van der Waals surface area contributed by atoms with Gasteiger partial charge in [0.05, 0.1) is 0 Å². The van der Waals surface area contributed by atoms with Gasteiger partial charge in [0.1, 0.15) is 17.3 Å². The van der Waals surface area contributed by atoms with Gasteiger partial charge >= 0.3 is 0 Å². The van der Waals surface area contributed by atoms with Crippen molar-refractivity contribution in [1.82, 2.24) is 0 Å². The van der Waals surface area contributed by atoms with E-state index in [1.807, 2.05) is 6.07 Å². The first-order valence-electron chi connectivity index (χ1n) is 7.00. The first kappa shape index (κ1) is 12.3. The molecule has 2 aliphatic rings. The third-order valence-electron chi connectivity index (χ3n) is 4.15. The van der Waals surface area contributed by atoms with Gasteiger partial charge in [0.15, 0.2) is 0 Å². The average Bonchev–Trinajstić information content (AvgIpc) is 2.71. The van der Waals surface area contributed by atoms with Crippen LogP contribution in [0.1, 0.15) is 43.7 Å². The van der Waals surface area contributed by atoms with E-state index in [1.54, 1.807) is 0 Å². The predicted molar refractivity (Wildman–Crippen MR) is 76.5 cm³/mol. The van der Waals surface area contributed by atoms with Crippen LogP contribution in [0.5, 0.6) is 11.5 Å². The van der Waals surface area contributed by atoms with E-state index in [0.29, 0.717) is 5.75 Å². The molecule has 0 radical (unpaired) electrons. The third kappa shape index (κ3) is 1.95. The van der Waals surface area contributed by atoms with E-state index in [-0.39, 0.29) is 11.8 Å². The van der Waals surface area contributed by atoms with Gasteiger partial charge in [0.25, 0.3) is 0 Å². The molecule has 19 heavy (non-hydrogen) atoms. The van der Waals surface area contributed by atoms with E-state index >= 15 is 0 Å². The van der Waals surface area contributed by atoms with Crippen LogP contribution < -0.4 is 4.74 Å². The fraction of sp³-hybridized carbons (Fsp3) is 0.412. The van der Waals surface area contributed by atoms with Crippen LogP contribution in [-0.4, -0.2) is 5.11 Å². The quantitative estimate of drug-likeness (QED) is 0.799. The fourth-order valence-corrected chi connectivity index (χ4v) is 3.30. The molecule has 0 bridgehead atoms. The molecule has 2 nitrogen and oxygen atoms in total. The summed E-state index contributed by atoms with van der Waals surface area (Å²) in [6, 6.07) is 3.94. The molecule has 0 fully saturated rings. The molecular weight excluding hydrogens is 236 g/mol. The van der Waals surface area contributed by atoms with Gasteiger partial charge in [0, 0.05) is 17.4 Å². The predicted octanol–water partition coefficient (Wildman–Crippen LogP) is 4.30. The zero-order valence-corrected chi connectivity index (χ0v) is 11.6. The highest BCUT2D eigenvalue weighted by molar-refractivity contribution is 5.55. The van der Waals surface area contributed by atoms with Gasteiger partial charge in [0.2, 0.25) is 0 Å². The van der Waals surface area contributed by atoms with E-state index in [0.717, 1.165) is 41.9 Å². The van der Waals surface area contributed by atoms with Gasteiger partial charge in [-0.15, -0.1) is 0 Å². The van der Waals surface area contributed by atoms with Crippen LogP contribution in [-0.2, 0) is 6.42 Å². The van der Waals surface area contributed by atoms with Crippen molar-refractivity contribution in [1.29, 1.82) is 0 Å². The molecule has 1 aliphatic heterocycles. The Morgan fingerprint density at radius 3 is 2.95 bits per heavy atom. The smallest absolute Gasteiger partial charge is 0.134 e. The molecule has 2 atom stereocenters. The van der Waals surface area contributed by atoms with Crippen molar-refractivity contribution < 1.29 is 9.84 Å². The SMILES string of the molecule is C=C1Oc2cc(CCC)cc(O)c2C2C=C(C)CC12. The highest BCUT2D eigenvalue weighted by Crippen LogP contribution is 2.52. The van der Waals surface area contributed by atoms with Crippen molar-refractivity contribution in [3.8, 4) is 11.5 Å². The Labute approximate surface area is 114 Å². The zero-order valence-electron chi connectivity index (χ0n) is 11.6. The van der Waals surface area contributed by atoms with Gasteiger partial charge < -0.3 is 9.84 Å². The zero-order chi connectivity index (χ0) is 13.6. The number of phenolic OH excluding ortho intramolecular Hbond substituents is 1. The summed E-state index contributed by atoms with van der Waals surface area (Å²) in [5.74, 6) is 2.51. The molecule has 2 heteroatoms. The summed E-state index contributed by atoms with van der Waals surface area (Å²) in [7, 11) is 0. The molecule has 2 unspecified atom stereocenters. The number of ether oxygens (including phenoxy) is 1. The highest BCUT2D eigenvalue weighted by Gasteiger charge is 2.38. The fourth-order valence-electron chi connectivity index (χ4n) is 3.30. The maximum absolute atomic E-state index is 10.3. The van der Waals surface area contributed by atoms with Gasteiger partial charge in [-0.05, 0) is 37.5 Å².